The number of aryl methyl sites for hydroxylation is 2. The zero-order valence-electron chi connectivity index (χ0n) is 55.1. The van der Waals surface area contributed by atoms with Gasteiger partial charge in [-0.1, -0.05) is 93.6 Å². The lowest BCUT2D eigenvalue weighted by Crippen LogP contribution is -2.13. The van der Waals surface area contributed by atoms with E-state index in [0.29, 0.717) is 102 Å². The van der Waals surface area contributed by atoms with Crippen molar-refractivity contribution in [3.63, 3.8) is 0 Å². The van der Waals surface area contributed by atoms with Gasteiger partial charge in [0.25, 0.3) is 0 Å². The van der Waals surface area contributed by atoms with Crippen molar-refractivity contribution in [3.05, 3.63) is 271 Å². The second-order valence-corrected chi connectivity index (χ2v) is 23.4. The summed E-state index contributed by atoms with van der Waals surface area (Å²) in [6.07, 6.45) is 0. The van der Waals surface area contributed by atoms with Crippen LogP contribution in [0.25, 0.3) is 0 Å². The van der Waals surface area contributed by atoms with Crippen LogP contribution in [-0.4, -0.2) is 49.2 Å². The Morgan fingerprint density at radius 3 is 0.714 bits per heavy atom. The molecule has 0 radical (unpaired) electrons. The molecular weight excluding hydrogens is 1260 g/mol. The second kappa shape index (κ2) is 33.3. The van der Waals surface area contributed by atoms with Crippen LogP contribution in [0.3, 0.4) is 0 Å². The molecule has 0 unspecified atom stereocenters. The summed E-state index contributed by atoms with van der Waals surface area (Å²) in [4.78, 5) is 0. The van der Waals surface area contributed by atoms with Crippen molar-refractivity contribution in [2.45, 2.75) is 79.7 Å². The molecule has 0 aliphatic rings. The zero-order chi connectivity index (χ0) is 71.5. The Hall–Kier alpha value is -12.1. The maximum absolute atomic E-state index is 14.4. The van der Waals surface area contributed by atoms with E-state index in [1.165, 1.54) is 48.5 Å². The fourth-order valence-electron chi connectivity index (χ4n) is 9.29. The van der Waals surface area contributed by atoms with Crippen molar-refractivity contribution >= 4 is 35.0 Å². The molecule has 0 saturated carbocycles. The lowest BCUT2D eigenvalue weighted by atomic mass is 9.87. The predicted octanol–water partition coefficient (Wildman–Crippen LogP) is 12.7. The van der Waals surface area contributed by atoms with Gasteiger partial charge in [-0.05, 0) is 109 Å². The number of hydrogen-bond acceptors (Lipinski definition) is 14. The third kappa shape index (κ3) is 21.0. The van der Waals surface area contributed by atoms with Crippen LogP contribution in [0.2, 0.25) is 0 Å². The lowest BCUT2D eigenvalue weighted by molar-refractivity contribution is 0.281. The van der Waals surface area contributed by atoms with Gasteiger partial charge in [0.05, 0.1) is 14.2 Å². The van der Waals surface area contributed by atoms with Gasteiger partial charge in [0.1, 0.15) is 144 Å². The standard InChI is InChI=1S/C26H28F2N4O2.C25H28N4O4.C23H22F2N4O2/c1-26(2,3)19-10-20(33-13-17-6-4-15(24(29)30)8-22(17)27)12-21(11-19)34-14-18-7-5-16(25(31)32)9-23(18)28;1-15-8-20(32-13-18-6-4-16(24(26)27)10-22(18)30-2)12-21(9-15)33-14-19-7-5-17(25(28)29)11-23(19)31-3;1-13-6-18(30-11-16-4-2-14(22(26)27)8-20(16)24)10-19(7-13)31-12-17-5-3-15(23(28)29)9-21(17)25/h4-12H,13-14H2,1-3H3,(H3,29,30)(H3,31,32);4-12H,13-14H2,1-3H3,(H3,26,27)(H3,28,29);2-10H,11-12H2,1H3,(H3,26,27)(H3,28,29). The molecule has 9 aromatic rings. The molecule has 0 atom stereocenters. The summed E-state index contributed by atoms with van der Waals surface area (Å²) in [5, 5.41) is 44.7. The predicted molar refractivity (Wildman–Crippen MR) is 371 cm³/mol. The number of methoxy groups -OCH3 is 2. The van der Waals surface area contributed by atoms with E-state index >= 15 is 0 Å². The molecule has 9 aromatic carbocycles. The molecule has 24 heteroatoms. The van der Waals surface area contributed by atoms with E-state index in [1.807, 2.05) is 77.1 Å². The highest BCUT2D eigenvalue weighted by Crippen LogP contribution is 2.34. The molecule has 20 nitrogen and oxygen atoms in total. The van der Waals surface area contributed by atoms with Crippen LogP contribution in [0.4, 0.5) is 17.6 Å². The van der Waals surface area contributed by atoms with Crippen molar-refractivity contribution in [3.8, 4) is 46.0 Å². The van der Waals surface area contributed by atoms with Gasteiger partial charge in [-0.3, -0.25) is 32.5 Å². The number of amidine groups is 6. The van der Waals surface area contributed by atoms with Crippen LogP contribution >= 0.6 is 0 Å². The van der Waals surface area contributed by atoms with Crippen molar-refractivity contribution < 1.29 is 55.5 Å². The Kier molecular flexibility index (Phi) is 25.0. The zero-order valence-corrected chi connectivity index (χ0v) is 55.1. The summed E-state index contributed by atoms with van der Waals surface area (Å²) in [5.41, 5.74) is 40.5. The van der Waals surface area contributed by atoms with Crippen LogP contribution in [-0.2, 0) is 45.1 Å². The highest BCUT2D eigenvalue weighted by Gasteiger charge is 2.19. The summed E-state index contributed by atoms with van der Waals surface area (Å²) < 4.78 is 103. The molecule has 0 saturated heterocycles. The largest absolute Gasteiger partial charge is 0.496 e. The van der Waals surface area contributed by atoms with Gasteiger partial charge < -0.3 is 72.3 Å². The number of nitrogens with one attached hydrogen (secondary N) is 6. The van der Waals surface area contributed by atoms with Gasteiger partial charge in [0, 0.05) is 85.0 Å². The maximum Gasteiger partial charge on any atom is 0.130 e. The molecular formula is C74H78F4N12O8. The van der Waals surface area contributed by atoms with Crippen LogP contribution in [0.5, 0.6) is 46.0 Å². The average Bonchev–Trinajstić information content (AvgIpc) is 0.851. The van der Waals surface area contributed by atoms with E-state index in [0.717, 1.165) is 27.8 Å². The number of rotatable bonds is 26. The Labute approximate surface area is 565 Å². The van der Waals surface area contributed by atoms with Crippen LogP contribution < -0.4 is 72.3 Å². The van der Waals surface area contributed by atoms with Gasteiger partial charge in [-0.25, -0.2) is 17.6 Å². The Morgan fingerprint density at radius 1 is 0.306 bits per heavy atom. The number of ether oxygens (including phenoxy) is 8. The molecule has 98 heavy (non-hydrogen) atoms. The molecule has 510 valence electrons. The Bertz CT molecular complexity index is 4190. The van der Waals surface area contributed by atoms with E-state index < -0.39 is 23.3 Å². The van der Waals surface area contributed by atoms with Gasteiger partial charge in [0.2, 0.25) is 0 Å². The minimum absolute atomic E-state index is 0.0196. The molecule has 18 N–H and O–H groups in total. The smallest absolute Gasteiger partial charge is 0.130 e. The highest BCUT2D eigenvalue weighted by atomic mass is 19.1. The minimum Gasteiger partial charge on any atom is -0.496 e. The first kappa shape index (κ1) is 73.3. The maximum atomic E-state index is 14.4. The van der Waals surface area contributed by atoms with E-state index in [4.69, 9.17) is 105 Å². The molecule has 0 aliphatic heterocycles. The number of nitrogen functional groups attached to an aromatic ring is 6. The monoisotopic (exact) mass is 1340 g/mol. The first-order valence-electron chi connectivity index (χ1n) is 30.2. The number of halogens is 4. The first-order valence-corrected chi connectivity index (χ1v) is 30.2. The SMILES string of the molecule is CC(C)(C)c1cc(OCc2ccc(C(=N)N)cc2F)cc(OCc2ccc(C(=N)N)cc2F)c1.COc1cc(C(=N)N)ccc1COc1cc(C)cc(OCc2ccc(C(=N)N)cc2OC)c1.Cc1cc(OCc2ccc(C(=N)N)cc2F)cc(OCc2ccc(C(=N)N)cc2F)c1. The summed E-state index contributed by atoms with van der Waals surface area (Å²) in [6.45, 7) is 10.4. The Balaban J connectivity index is 0.000000207. The average molecular weight is 1340 g/mol. The third-order valence-electron chi connectivity index (χ3n) is 14.8. The highest BCUT2D eigenvalue weighted by molar-refractivity contribution is 5.97. The number of nitrogens with two attached hydrogens (primary N) is 6. The van der Waals surface area contributed by atoms with Gasteiger partial charge in [-0.15, -0.1) is 0 Å². The molecule has 0 aliphatic carbocycles. The molecule has 0 fully saturated rings. The Morgan fingerprint density at radius 2 is 0.510 bits per heavy atom. The summed E-state index contributed by atoms with van der Waals surface area (Å²) in [6, 6.07) is 44.0. The lowest BCUT2D eigenvalue weighted by Gasteiger charge is -2.21. The fourth-order valence-corrected chi connectivity index (χ4v) is 9.29. The van der Waals surface area contributed by atoms with E-state index in [2.05, 4.69) is 0 Å². The van der Waals surface area contributed by atoms with E-state index in [-0.39, 0.29) is 80.1 Å². The van der Waals surface area contributed by atoms with Crippen LogP contribution in [0.1, 0.15) is 104 Å². The number of benzene rings is 9. The molecule has 0 heterocycles. The van der Waals surface area contributed by atoms with E-state index in [9.17, 15) is 17.6 Å². The van der Waals surface area contributed by atoms with E-state index in [1.54, 1.807) is 87.0 Å². The van der Waals surface area contributed by atoms with Gasteiger partial charge in [0.15, 0.2) is 0 Å². The fraction of sp³-hybridized carbons (Fsp3) is 0.189. The third-order valence-corrected chi connectivity index (χ3v) is 14.8. The van der Waals surface area contributed by atoms with Crippen LogP contribution in [0, 0.1) is 69.6 Å². The molecule has 0 bridgehead atoms. The summed E-state index contributed by atoms with van der Waals surface area (Å²) in [5.74, 6) is 1.48. The first-order chi connectivity index (χ1) is 46.5. The minimum atomic E-state index is -0.513. The van der Waals surface area contributed by atoms with Gasteiger partial charge in [-0.2, -0.15) is 0 Å². The summed E-state index contributed by atoms with van der Waals surface area (Å²) >= 11 is 0. The number of hydrogen-bond donors (Lipinski definition) is 12. The molecule has 9 rings (SSSR count). The second-order valence-electron chi connectivity index (χ2n) is 23.4. The molecule has 0 aromatic heterocycles. The van der Waals surface area contributed by atoms with Crippen LogP contribution in [0.15, 0.2) is 164 Å². The van der Waals surface area contributed by atoms with Crippen molar-refractivity contribution in [1.29, 1.82) is 32.5 Å². The van der Waals surface area contributed by atoms with Crippen molar-refractivity contribution in [2.75, 3.05) is 14.2 Å². The normalized spacial score (nSPS) is 10.7. The van der Waals surface area contributed by atoms with Gasteiger partial charge >= 0.3 is 0 Å². The van der Waals surface area contributed by atoms with Crippen molar-refractivity contribution in [2.24, 2.45) is 34.4 Å². The summed E-state index contributed by atoms with van der Waals surface area (Å²) in [7, 11) is 3.14. The topological polar surface area (TPSA) is 373 Å². The van der Waals surface area contributed by atoms with Crippen molar-refractivity contribution in [1.82, 2.24) is 0 Å². The quantitative estimate of drug-likeness (QED) is 0.0136. The molecule has 0 amide bonds. The molecule has 0 spiro atoms.